The topological polar surface area (TPSA) is 144 Å². The van der Waals surface area contributed by atoms with Gasteiger partial charge in [0.25, 0.3) is 5.91 Å². The summed E-state index contributed by atoms with van der Waals surface area (Å²) in [6.45, 7) is -0.421. The molecule has 112 valence electrons. The molecule has 0 spiro atoms. The zero-order valence-electron chi connectivity index (χ0n) is 10.8. The number of amides is 1. The van der Waals surface area contributed by atoms with Crippen LogP contribution < -0.4 is 5.73 Å². The Labute approximate surface area is 118 Å². The van der Waals surface area contributed by atoms with Crippen molar-refractivity contribution < 1.29 is 24.9 Å². The van der Waals surface area contributed by atoms with Crippen molar-refractivity contribution in [3.63, 3.8) is 0 Å². The predicted octanol–water partition coefficient (Wildman–Crippen LogP) is -1.86. The van der Waals surface area contributed by atoms with Crippen LogP contribution in [0.15, 0.2) is 18.6 Å². The van der Waals surface area contributed by atoms with Gasteiger partial charge in [0.05, 0.1) is 12.0 Å². The number of aromatic nitrogens is 3. The molecule has 2 aromatic heterocycles. The number of nitrogens with zero attached hydrogens (tertiary/aromatic N) is 3. The van der Waals surface area contributed by atoms with Crippen LogP contribution in [0.3, 0.4) is 0 Å². The van der Waals surface area contributed by atoms with E-state index in [-0.39, 0.29) is 5.69 Å². The van der Waals surface area contributed by atoms with Gasteiger partial charge in [0.1, 0.15) is 36.0 Å². The standard InChI is InChI=1S/C12H14N4O5/c13-10(20)7-5-1-2-16(11(5)15-4-14-7)12-9(19)8(18)6(3-17)21-12/h1-2,4,6,8-9,12,17-19H,3H2,(H2,13,20)/t6-,8-,9-,12?/m1/s1. The van der Waals surface area contributed by atoms with Gasteiger partial charge in [0, 0.05) is 6.20 Å². The zero-order chi connectivity index (χ0) is 15.1. The van der Waals surface area contributed by atoms with Gasteiger partial charge in [-0.05, 0) is 6.07 Å². The van der Waals surface area contributed by atoms with Crippen LogP contribution in [0.4, 0.5) is 0 Å². The van der Waals surface area contributed by atoms with Crippen LogP contribution in [0, 0.1) is 0 Å². The molecule has 0 aliphatic carbocycles. The maximum atomic E-state index is 11.3. The van der Waals surface area contributed by atoms with Gasteiger partial charge in [-0.1, -0.05) is 0 Å². The fraction of sp³-hybridized carbons (Fsp3) is 0.417. The van der Waals surface area contributed by atoms with Crippen molar-refractivity contribution in [1.29, 1.82) is 0 Å². The Morgan fingerprint density at radius 2 is 2.14 bits per heavy atom. The molecule has 4 atom stereocenters. The van der Waals surface area contributed by atoms with Gasteiger partial charge in [0.2, 0.25) is 0 Å². The maximum absolute atomic E-state index is 11.3. The first-order valence-electron chi connectivity index (χ1n) is 6.28. The lowest BCUT2D eigenvalue weighted by molar-refractivity contribution is -0.0508. The number of nitrogens with two attached hydrogens (primary N) is 1. The Morgan fingerprint density at radius 1 is 1.38 bits per heavy atom. The molecule has 1 fully saturated rings. The van der Waals surface area contributed by atoms with Crippen molar-refractivity contribution in [2.45, 2.75) is 24.5 Å². The Bertz CT molecular complexity index is 687. The van der Waals surface area contributed by atoms with Gasteiger partial charge in [-0.2, -0.15) is 0 Å². The summed E-state index contributed by atoms with van der Waals surface area (Å²) in [4.78, 5) is 19.2. The average Bonchev–Trinajstić information content (AvgIpc) is 3.01. The summed E-state index contributed by atoms with van der Waals surface area (Å²) in [6, 6.07) is 1.57. The van der Waals surface area contributed by atoms with Crippen LogP contribution in [0.5, 0.6) is 0 Å². The molecule has 2 aromatic rings. The first-order chi connectivity index (χ1) is 10.0. The lowest BCUT2D eigenvalue weighted by Crippen LogP contribution is -2.33. The molecule has 9 nitrogen and oxygen atoms in total. The van der Waals surface area contributed by atoms with Crippen LogP contribution in [0.1, 0.15) is 16.7 Å². The van der Waals surface area contributed by atoms with E-state index in [9.17, 15) is 15.0 Å². The van der Waals surface area contributed by atoms with Gasteiger partial charge in [-0.25, -0.2) is 9.97 Å². The van der Waals surface area contributed by atoms with E-state index in [2.05, 4.69) is 9.97 Å². The minimum atomic E-state index is -1.23. The number of fused-ring (bicyclic) bond motifs is 1. The molecule has 1 aliphatic rings. The Hall–Kier alpha value is -2.07. The second-order valence-electron chi connectivity index (χ2n) is 4.78. The van der Waals surface area contributed by atoms with Crippen molar-refractivity contribution in [3.05, 3.63) is 24.3 Å². The molecular formula is C12H14N4O5. The van der Waals surface area contributed by atoms with Crippen LogP contribution >= 0.6 is 0 Å². The molecule has 9 heteroatoms. The minimum absolute atomic E-state index is 0.0606. The quantitative estimate of drug-likeness (QED) is 0.519. The number of hydrogen-bond donors (Lipinski definition) is 4. The monoisotopic (exact) mass is 294 g/mol. The number of rotatable bonds is 3. The van der Waals surface area contributed by atoms with Crippen molar-refractivity contribution in [3.8, 4) is 0 Å². The summed E-state index contributed by atoms with van der Waals surface area (Å²) in [7, 11) is 0. The van der Waals surface area contributed by atoms with E-state index in [1.54, 1.807) is 12.3 Å². The summed E-state index contributed by atoms with van der Waals surface area (Å²) in [6.07, 6.45) is -1.53. The van der Waals surface area contributed by atoms with Crippen molar-refractivity contribution >= 4 is 16.9 Å². The molecule has 5 N–H and O–H groups in total. The highest BCUT2D eigenvalue weighted by atomic mass is 16.6. The van der Waals surface area contributed by atoms with Crippen molar-refractivity contribution in [2.75, 3.05) is 6.61 Å². The molecule has 1 unspecified atom stereocenters. The largest absolute Gasteiger partial charge is 0.394 e. The van der Waals surface area contributed by atoms with Crippen LogP contribution in [0.2, 0.25) is 0 Å². The third-order valence-corrected chi connectivity index (χ3v) is 3.53. The van der Waals surface area contributed by atoms with E-state index >= 15 is 0 Å². The highest BCUT2D eigenvalue weighted by molar-refractivity contribution is 6.02. The second kappa shape index (κ2) is 5.04. The summed E-state index contributed by atoms with van der Waals surface area (Å²) in [5, 5.41) is 29.3. The van der Waals surface area contributed by atoms with Gasteiger partial charge < -0.3 is 30.4 Å². The molecule has 21 heavy (non-hydrogen) atoms. The van der Waals surface area contributed by atoms with Crippen LogP contribution in [-0.2, 0) is 4.74 Å². The number of aliphatic hydroxyl groups excluding tert-OH is 3. The Morgan fingerprint density at radius 3 is 2.76 bits per heavy atom. The molecule has 1 amide bonds. The van der Waals surface area contributed by atoms with Crippen LogP contribution in [0.25, 0.3) is 11.0 Å². The van der Waals surface area contributed by atoms with E-state index < -0.39 is 37.1 Å². The summed E-state index contributed by atoms with van der Waals surface area (Å²) >= 11 is 0. The summed E-state index contributed by atoms with van der Waals surface area (Å²) in [5.41, 5.74) is 5.65. The SMILES string of the molecule is NC(=O)c1ncnc2c1ccn2C1O[C@H](CO)[C@@H](O)[C@H]1O. The van der Waals surface area contributed by atoms with E-state index in [1.807, 2.05) is 0 Å². The normalized spacial score (nSPS) is 29.1. The fourth-order valence-electron chi connectivity index (χ4n) is 2.48. The minimum Gasteiger partial charge on any atom is -0.394 e. The molecule has 3 heterocycles. The van der Waals surface area contributed by atoms with E-state index in [1.165, 1.54) is 10.9 Å². The molecule has 1 aliphatic heterocycles. The predicted molar refractivity (Wildman–Crippen MR) is 69.1 cm³/mol. The van der Waals surface area contributed by atoms with Gasteiger partial charge in [0.15, 0.2) is 6.23 Å². The van der Waals surface area contributed by atoms with Crippen LogP contribution in [-0.4, -0.2) is 60.7 Å². The summed E-state index contributed by atoms with van der Waals surface area (Å²) < 4.78 is 6.89. The van der Waals surface area contributed by atoms with Crippen molar-refractivity contribution in [1.82, 2.24) is 14.5 Å². The second-order valence-corrected chi connectivity index (χ2v) is 4.78. The smallest absolute Gasteiger partial charge is 0.268 e. The molecule has 1 saturated heterocycles. The summed E-state index contributed by atoms with van der Waals surface area (Å²) in [5.74, 6) is -0.693. The first kappa shape index (κ1) is 13.9. The number of primary amides is 1. The average molecular weight is 294 g/mol. The van der Waals surface area contributed by atoms with E-state index in [0.717, 1.165) is 0 Å². The van der Waals surface area contributed by atoms with Gasteiger partial charge >= 0.3 is 0 Å². The van der Waals surface area contributed by atoms with Gasteiger partial charge in [-0.3, -0.25) is 4.79 Å². The lowest BCUT2D eigenvalue weighted by Gasteiger charge is -2.17. The molecule has 0 aromatic carbocycles. The molecule has 3 rings (SSSR count). The first-order valence-corrected chi connectivity index (χ1v) is 6.28. The lowest BCUT2D eigenvalue weighted by atomic mass is 10.1. The molecule has 0 saturated carbocycles. The van der Waals surface area contributed by atoms with Crippen molar-refractivity contribution in [2.24, 2.45) is 5.73 Å². The number of aliphatic hydroxyl groups is 3. The third kappa shape index (κ3) is 2.07. The Kier molecular flexibility index (Phi) is 3.33. The fourth-order valence-corrected chi connectivity index (χ4v) is 2.48. The molecule has 0 bridgehead atoms. The molecular weight excluding hydrogens is 280 g/mol. The van der Waals surface area contributed by atoms with E-state index in [4.69, 9.17) is 15.6 Å². The molecule has 0 radical (unpaired) electrons. The van der Waals surface area contributed by atoms with Gasteiger partial charge in [-0.15, -0.1) is 0 Å². The Balaban J connectivity index is 2.06. The number of carbonyl (C=O) groups is 1. The highest BCUT2D eigenvalue weighted by Crippen LogP contribution is 2.32. The highest BCUT2D eigenvalue weighted by Gasteiger charge is 2.43. The maximum Gasteiger partial charge on any atom is 0.268 e. The third-order valence-electron chi connectivity index (χ3n) is 3.53. The number of carbonyl (C=O) groups excluding carboxylic acids is 1. The van der Waals surface area contributed by atoms with E-state index in [0.29, 0.717) is 11.0 Å². The zero-order valence-corrected chi connectivity index (χ0v) is 10.8. The number of hydrogen-bond acceptors (Lipinski definition) is 7. The number of ether oxygens (including phenoxy) is 1.